The van der Waals surface area contributed by atoms with Gasteiger partial charge < -0.3 is 9.84 Å². The molecule has 0 aromatic heterocycles. The molecule has 0 radical (unpaired) electrons. The maximum Gasteiger partial charge on any atom is 0.125 e. The normalized spacial score (nSPS) is 20.2. The van der Waals surface area contributed by atoms with Crippen LogP contribution in [0.2, 0.25) is 0 Å². The molecular weight excluding hydrogens is 300 g/mol. The zero-order chi connectivity index (χ0) is 17.4. The molecule has 4 nitrogen and oxygen atoms in total. The maximum atomic E-state index is 10.2. The predicted octanol–water partition coefficient (Wildman–Crippen LogP) is 1.98. The van der Waals surface area contributed by atoms with Crippen LogP contribution in [0.15, 0.2) is 30.3 Å². The van der Waals surface area contributed by atoms with Crippen LogP contribution in [0.25, 0.3) is 0 Å². The predicted molar refractivity (Wildman–Crippen MR) is 97.6 cm³/mol. The van der Waals surface area contributed by atoms with Gasteiger partial charge in [0.1, 0.15) is 5.60 Å². The van der Waals surface area contributed by atoms with Crippen molar-refractivity contribution in [3.63, 3.8) is 0 Å². The third kappa shape index (κ3) is 5.92. The van der Waals surface area contributed by atoms with Crippen molar-refractivity contribution in [3.05, 3.63) is 35.9 Å². The Morgan fingerprint density at radius 1 is 1.21 bits per heavy atom. The molecule has 4 heteroatoms. The molecule has 1 aliphatic rings. The Hall–Kier alpha value is -1.38. The Bertz CT molecular complexity index is 520. The second-order valence-corrected chi connectivity index (χ2v) is 6.76. The van der Waals surface area contributed by atoms with E-state index < -0.39 is 11.7 Å². The number of benzene rings is 1. The maximum absolute atomic E-state index is 10.2. The molecule has 0 aliphatic carbocycles. The highest BCUT2D eigenvalue weighted by molar-refractivity contribution is 5.14. The summed E-state index contributed by atoms with van der Waals surface area (Å²) in [4.78, 5) is 4.76. The van der Waals surface area contributed by atoms with Gasteiger partial charge >= 0.3 is 0 Å². The van der Waals surface area contributed by atoms with E-state index in [9.17, 15) is 5.11 Å². The Kier molecular flexibility index (Phi) is 7.26. The van der Waals surface area contributed by atoms with Crippen LogP contribution in [0.1, 0.15) is 25.8 Å². The Morgan fingerprint density at radius 2 is 1.83 bits per heavy atom. The fraction of sp³-hybridized carbons (Fsp3) is 0.600. The lowest BCUT2D eigenvalue weighted by atomic mass is 10.1. The second kappa shape index (κ2) is 9.19. The van der Waals surface area contributed by atoms with Gasteiger partial charge in [0.15, 0.2) is 0 Å². The van der Waals surface area contributed by atoms with Crippen molar-refractivity contribution in [2.45, 2.75) is 38.5 Å². The van der Waals surface area contributed by atoms with Crippen molar-refractivity contribution < 1.29 is 9.84 Å². The van der Waals surface area contributed by atoms with Crippen LogP contribution in [0, 0.1) is 12.3 Å². The Balaban J connectivity index is 1.68. The summed E-state index contributed by atoms with van der Waals surface area (Å²) in [6.45, 7) is 9.83. The molecule has 24 heavy (non-hydrogen) atoms. The fourth-order valence-corrected chi connectivity index (χ4v) is 2.85. The molecule has 1 aliphatic heterocycles. The van der Waals surface area contributed by atoms with Crippen molar-refractivity contribution in [1.29, 1.82) is 0 Å². The number of aliphatic hydroxyl groups excluding tert-OH is 1. The zero-order valence-electron chi connectivity index (χ0n) is 14.9. The summed E-state index contributed by atoms with van der Waals surface area (Å²) in [5.74, 6) is 2.66. The second-order valence-electron chi connectivity index (χ2n) is 6.76. The number of hydrogen-bond donors (Lipinski definition) is 1. The van der Waals surface area contributed by atoms with E-state index in [1.165, 1.54) is 5.56 Å². The molecular formula is C20H30N2O2. The molecule has 0 saturated carbocycles. The zero-order valence-corrected chi connectivity index (χ0v) is 14.9. The first-order chi connectivity index (χ1) is 11.5. The number of aliphatic hydroxyl groups is 1. The first kappa shape index (κ1) is 19.0. The summed E-state index contributed by atoms with van der Waals surface area (Å²) in [6.07, 6.45) is 5.74. The van der Waals surface area contributed by atoms with E-state index in [2.05, 4.69) is 46.1 Å². The third-order valence-electron chi connectivity index (χ3n) is 4.76. The molecule has 2 rings (SSSR count). The van der Waals surface area contributed by atoms with Gasteiger partial charge in [-0.25, -0.2) is 0 Å². The minimum absolute atomic E-state index is 0.290. The smallest absolute Gasteiger partial charge is 0.125 e. The molecule has 0 spiro atoms. The van der Waals surface area contributed by atoms with Crippen molar-refractivity contribution in [2.75, 3.05) is 39.3 Å². The van der Waals surface area contributed by atoms with E-state index in [1.807, 2.05) is 13.8 Å². The first-order valence-electron chi connectivity index (χ1n) is 8.83. The summed E-state index contributed by atoms with van der Waals surface area (Å²) >= 11 is 0. The van der Waals surface area contributed by atoms with Crippen LogP contribution < -0.4 is 0 Å². The topological polar surface area (TPSA) is 35.9 Å². The molecule has 0 amide bonds. The average Bonchev–Trinajstić information content (AvgIpc) is 2.62. The molecule has 0 bridgehead atoms. The molecule has 1 saturated heterocycles. The molecule has 1 aromatic carbocycles. The third-order valence-corrected chi connectivity index (χ3v) is 4.76. The number of piperazine rings is 1. The van der Waals surface area contributed by atoms with Crippen LogP contribution in [0.3, 0.4) is 0 Å². The van der Waals surface area contributed by atoms with E-state index in [0.717, 1.165) is 39.1 Å². The highest BCUT2D eigenvalue weighted by Crippen LogP contribution is 2.14. The first-order valence-corrected chi connectivity index (χ1v) is 8.83. The summed E-state index contributed by atoms with van der Waals surface area (Å²) in [6, 6.07) is 10.6. The Morgan fingerprint density at radius 3 is 2.42 bits per heavy atom. The summed E-state index contributed by atoms with van der Waals surface area (Å²) in [7, 11) is 0. The highest BCUT2D eigenvalue weighted by atomic mass is 16.5. The minimum atomic E-state index is -0.574. The van der Waals surface area contributed by atoms with Crippen molar-refractivity contribution in [3.8, 4) is 12.3 Å². The van der Waals surface area contributed by atoms with Gasteiger partial charge in [0, 0.05) is 39.3 Å². The van der Waals surface area contributed by atoms with Gasteiger partial charge in [-0.15, -0.1) is 6.42 Å². The van der Waals surface area contributed by atoms with Gasteiger partial charge in [0.25, 0.3) is 0 Å². The van der Waals surface area contributed by atoms with Crippen LogP contribution in [0.5, 0.6) is 0 Å². The lowest BCUT2D eigenvalue weighted by Gasteiger charge is -2.36. The van der Waals surface area contributed by atoms with Gasteiger partial charge in [-0.1, -0.05) is 43.2 Å². The van der Waals surface area contributed by atoms with Crippen LogP contribution in [-0.4, -0.2) is 65.9 Å². The van der Waals surface area contributed by atoms with Gasteiger partial charge in [-0.05, 0) is 18.9 Å². The van der Waals surface area contributed by atoms with Crippen LogP contribution in [0.4, 0.5) is 0 Å². The van der Waals surface area contributed by atoms with E-state index in [1.54, 1.807) is 0 Å². The van der Waals surface area contributed by atoms with Gasteiger partial charge in [0.2, 0.25) is 0 Å². The molecule has 1 aromatic rings. The summed E-state index contributed by atoms with van der Waals surface area (Å²) in [5, 5.41) is 10.2. The lowest BCUT2D eigenvalue weighted by molar-refractivity contribution is -0.0501. The van der Waals surface area contributed by atoms with Crippen molar-refractivity contribution >= 4 is 0 Å². The number of ether oxygens (including phenoxy) is 1. The average molecular weight is 330 g/mol. The standard InChI is InChI=1S/C20H30N2O2/c1-4-20(3,5-2)24-17-19(23)16-22-13-11-21(12-14-22)15-18-9-7-6-8-10-18/h1,6-10,19,23H,5,11-17H2,2-3H3/t19-,20+/m1/s1. The fourth-order valence-electron chi connectivity index (χ4n) is 2.85. The lowest BCUT2D eigenvalue weighted by Crippen LogP contribution is -2.49. The number of β-amino-alcohol motifs (C(OH)–C–C–N with tert-alkyl or cyclic N) is 1. The van der Waals surface area contributed by atoms with Crippen LogP contribution >= 0.6 is 0 Å². The molecule has 0 unspecified atom stereocenters. The molecule has 132 valence electrons. The molecule has 1 N–H and O–H groups in total. The van der Waals surface area contributed by atoms with Crippen LogP contribution in [-0.2, 0) is 11.3 Å². The molecule has 2 atom stereocenters. The number of rotatable bonds is 8. The monoisotopic (exact) mass is 330 g/mol. The van der Waals surface area contributed by atoms with Gasteiger partial charge in [-0.2, -0.15) is 0 Å². The Labute approximate surface area is 146 Å². The van der Waals surface area contributed by atoms with Crippen molar-refractivity contribution in [2.24, 2.45) is 0 Å². The van der Waals surface area contributed by atoms with E-state index in [-0.39, 0.29) is 0 Å². The number of nitrogens with zero attached hydrogens (tertiary/aromatic N) is 2. The number of hydrogen-bond acceptors (Lipinski definition) is 4. The van der Waals surface area contributed by atoms with E-state index >= 15 is 0 Å². The molecule has 1 heterocycles. The number of terminal acetylenes is 1. The summed E-state index contributed by atoms with van der Waals surface area (Å²) < 4.78 is 5.71. The van der Waals surface area contributed by atoms with Gasteiger partial charge in [0.05, 0.1) is 12.7 Å². The molecule has 1 fully saturated rings. The van der Waals surface area contributed by atoms with E-state index in [4.69, 9.17) is 11.2 Å². The quantitative estimate of drug-likeness (QED) is 0.740. The highest BCUT2D eigenvalue weighted by Gasteiger charge is 2.23. The van der Waals surface area contributed by atoms with Crippen molar-refractivity contribution in [1.82, 2.24) is 9.80 Å². The van der Waals surface area contributed by atoms with E-state index in [0.29, 0.717) is 13.2 Å². The summed E-state index contributed by atoms with van der Waals surface area (Å²) in [5.41, 5.74) is 0.780. The SMILES string of the molecule is C#C[C@@](C)(CC)OC[C@H](O)CN1CCN(Cc2ccccc2)CC1. The largest absolute Gasteiger partial charge is 0.389 e. The van der Waals surface area contributed by atoms with Gasteiger partial charge in [-0.3, -0.25) is 9.80 Å². The minimum Gasteiger partial charge on any atom is -0.389 e.